The lowest BCUT2D eigenvalue weighted by Crippen LogP contribution is -2.40. The minimum absolute atomic E-state index is 0.0261. The number of rotatable bonds is 9. The first-order valence-electron chi connectivity index (χ1n) is 11.3. The van der Waals surface area contributed by atoms with Gasteiger partial charge in [0.25, 0.3) is 0 Å². The molecule has 3 unspecified atom stereocenters. The third-order valence-corrected chi connectivity index (χ3v) is 9.44. The van der Waals surface area contributed by atoms with Crippen LogP contribution in [0.15, 0.2) is 18.2 Å². The van der Waals surface area contributed by atoms with Crippen LogP contribution in [-0.2, 0) is 13.8 Å². The second kappa shape index (κ2) is 9.99. The molecule has 190 valence electrons. The third kappa shape index (κ3) is 5.12. The normalized spacial score (nSPS) is 27.0. The van der Waals surface area contributed by atoms with Crippen LogP contribution in [0, 0.1) is 10.6 Å². The van der Waals surface area contributed by atoms with E-state index in [9.17, 15) is 29.2 Å². The summed E-state index contributed by atoms with van der Waals surface area (Å²) >= 11 is 5.31. The van der Waals surface area contributed by atoms with Crippen molar-refractivity contribution in [1.82, 2.24) is 9.97 Å². The summed E-state index contributed by atoms with van der Waals surface area (Å²) in [6, 6.07) is 4.35. The molecule has 1 saturated heterocycles. The molecule has 3 rings (SSSR count). The van der Waals surface area contributed by atoms with Crippen molar-refractivity contribution >= 4 is 19.8 Å². The fraction of sp³-hybridized carbons (Fsp3) is 0.636. The second-order valence-electron chi connectivity index (χ2n) is 9.01. The molecule has 0 aromatic carbocycles. The summed E-state index contributed by atoms with van der Waals surface area (Å²) in [4.78, 5) is 17.2. The molecule has 0 aromatic heterocycles. The summed E-state index contributed by atoms with van der Waals surface area (Å²) in [7, 11) is -4.46. The van der Waals surface area contributed by atoms with E-state index in [0.29, 0.717) is 11.1 Å². The molecule has 34 heavy (non-hydrogen) atoms. The molecule has 3 aliphatic rings. The van der Waals surface area contributed by atoms with Crippen LogP contribution < -0.4 is 0 Å². The van der Waals surface area contributed by atoms with Crippen molar-refractivity contribution in [2.24, 2.45) is 0 Å². The first kappa shape index (κ1) is 27.3. The Morgan fingerprint density at radius 3 is 2.47 bits per heavy atom. The molecular weight excluding hydrogens is 486 g/mol. The predicted molar refractivity (Wildman–Crippen MR) is 125 cm³/mol. The van der Waals surface area contributed by atoms with Crippen LogP contribution in [0.3, 0.4) is 0 Å². The molecule has 6 atom stereocenters. The van der Waals surface area contributed by atoms with Crippen molar-refractivity contribution in [3.8, 4) is 11.4 Å². The summed E-state index contributed by atoms with van der Waals surface area (Å²) in [6.45, 7) is 6.54. The maximum Gasteiger partial charge on any atom is 0.359 e. The van der Waals surface area contributed by atoms with Gasteiger partial charge in [0.2, 0.25) is 0 Å². The Kier molecular flexibility index (Phi) is 8.01. The summed E-state index contributed by atoms with van der Waals surface area (Å²) in [5.74, 6) is -0.337. The first-order valence-corrected chi connectivity index (χ1v) is 13.3. The number of ether oxygens (including phenoxy) is 1. The number of aliphatic hydroxyl groups excluding tert-OH is 2. The van der Waals surface area contributed by atoms with E-state index < -0.39 is 48.9 Å². The van der Waals surface area contributed by atoms with Crippen LogP contribution in [0.2, 0.25) is 0 Å². The summed E-state index contributed by atoms with van der Waals surface area (Å²) < 4.78 is 38.1. The van der Waals surface area contributed by atoms with E-state index in [4.69, 9.17) is 21.5 Å². The smallest absolute Gasteiger partial charge is 0.359 e. The van der Waals surface area contributed by atoms with Gasteiger partial charge in [-0.15, -0.1) is 0 Å². The summed E-state index contributed by atoms with van der Waals surface area (Å²) in [5.41, 5.74) is -0.344. The molecule has 0 aromatic rings. The largest absolute Gasteiger partial charge is 0.388 e. The number of aliphatic hydroxyl groups is 3. The van der Waals surface area contributed by atoms with Crippen molar-refractivity contribution in [2.75, 3.05) is 0 Å². The molecule has 5 N–H and O–H groups in total. The fourth-order valence-electron chi connectivity index (χ4n) is 4.16. The number of fused-ring (bicyclic) bond motifs is 1. The number of hydrogen-bond donors (Lipinski definition) is 5. The van der Waals surface area contributed by atoms with E-state index in [1.165, 1.54) is 12.1 Å². The quantitative estimate of drug-likeness (QED) is 0.190. The fourth-order valence-corrected chi connectivity index (χ4v) is 6.19. The van der Waals surface area contributed by atoms with Crippen molar-refractivity contribution in [2.45, 2.75) is 88.7 Å². The number of pyridine rings is 2. The zero-order valence-corrected chi connectivity index (χ0v) is 21.3. The molecule has 0 aliphatic carbocycles. The Morgan fingerprint density at radius 2 is 1.88 bits per heavy atom. The van der Waals surface area contributed by atoms with Gasteiger partial charge in [0.05, 0.1) is 11.7 Å². The summed E-state index contributed by atoms with van der Waals surface area (Å²) in [5, 5.41) is 30.1. The summed E-state index contributed by atoms with van der Waals surface area (Å²) in [6.07, 6.45) is -4.35. The molecule has 0 spiro atoms. The van der Waals surface area contributed by atoms with Gasteiger partial charge in [0, 0.05) is 17.5 Å². The van der Waals surface area contributed by atoms with E-state index in [-0.39, 0.29) is 36.1 Å². The molecule has 3 heterocycles. The number of H-pyrrole nitrogens is 1. The number of halogens is 1. The first-order chi connectivity index (χ1) is 15.8. The number of nitrogens with zero attached hydrogens (tertiary/aromatic N) is 1. The number of aromatic amines is 1. The Balaban J connectivity index is 1.86. The standard InChI is InChI=1S/C22H32FN2O7PS/c1-5-21(4,32-33(29,30)22(28,6-2)7-3)11-14-16(26)17(27)18(31-14)13-10-12-8-9-15(23)24-19(12)25-20(13)34/h8-10,14,16-18,26-28H,5-7,11H2,1-4H3,(H,29,30)(H,24,25,34)/t14-,16?,17+,18+,21?/m1/s1. The lowest BCUT2D eigenvalue weighted by molar-refractivity contribution is -0.0544. The van der Waals surface area contributed by atoms with Crippen molar-refractivity contribution < 1.29 is 38.4 Å². The molecule has 0 amide bonds. The van der Waals surface area contributed by atoms with Crippen molar-refractivity contribution in [1.29, 1.82) is 0 Å². The van der Waals surface area contributed by atoms with E-state index in [0.717, 1.165) is 0 Å². The van der Waals surface area contributed by atoms with Gasteiger partial charge in [0.15, 0.2) is 11.3 Å². The topological polar surface area (TPSA) is 145 Å². The maximum atomic E-state index is 13.5. The average molecular weight is 519 g/mol. The van der Waals surface area contributed by atoms with Gasteiger partial charge in [-0.05, 0) is 44.4 Å². The minimum Gasteiger partial charge on any atom is -0.388 e. The Morgan fingerprint density at radius 1 is 1.24 bits per heavy atom. The highest BCUT2D eigenvalue weighted by molar-refractivity contribution is 7.71. The Bertz CT molecular complexity index is 1100. The molecule has 0 radical (unpaired) electrons. The number of hydrogen-bond acceptors (Lipinski definition) is 8. The van der Waals surface area contributed by atoms with Gasteiger partial charge in [-0.25, -0.2) is 4.98 Å². The molecule has 0 saturated carbocycles. The highest BCUT2D eigenvalue weighted by Gasteiger charge is 2.51. The minimum atomic E-state index is -4.46. The zero-order chi connectivity index (χ0) is 25.5. The van der Waals surface area contributed by atoms with Crippen LogP contribution in [0.1, 0.15) is 65.0 Å². The van der Waals surface area contributed by atoms with E-state index in [2.05, 4.69) is 9.97 Å². The van der Waals surface area contributed by atoms with Gasteiger partial charge in [-0.3, -0.25) is 4.57 Å². The van der Waals surface area contributed by atoms with Gasteiger partial charge >= 0.3 is 7.60 Å². The van der Waals surface area contributed by atoms with Crippen molar-refractivity contribution in [3.63, 3.8) is 0 Å². The molecule has 1 fully saturated rings. The van der Waals surface area contributed by atoms with E-state index >= 15 is 0 Å². The van der Waals surface area contributed by atoms with Gasteiger partial charge in [0.1, 0.15) is 28.8 Å². The maximum absolute atomic E-state index is 13.5. The lowest BCUT2D eigenvalue weighted by Gasteiger charge is -2.38. The molecule has 9 nitrogen and oxygen atoms in total. The van der Waals surface area contributed by atoms with Crippen LogP contribution in [-0.4, -0.2) is 59.4 Å². The van der Waals surface area contributed by atoms with E-state index in [1.54, 1.807) is 33.8 Å². The zero-order valence-electron chi connectivity index (χ0n) is 19.6. The van der Waals surface area contributed by atoms with Crippen LogP contribution in [0.25, 0.3) is 11.4 Å². The highest BCUT2D eigenvalue weighted by Crippen LogP contribution is 2.60. The van der Waals surface area contributed by atoms with Crippen LogP contribution in [0.4, 0.5) is 4.39 Å². The van der Waals surface area contributed by atoms with E-state index in [1.807, 2.05) is 0 Å². The number of aromatic nitrogens is 2. The van der Waals surface area contributed by atoms with Gasteiger partial charge in [-0.1, -0.05) is 33.0 Å². The predicted octanol–water partition coefficient (Wildman–Crippen LogP) is 3.81. The number of nitrogens with one attached hydrogen (secondary N) is 1. The molecule has 12 heteroatoms. The molecular formula is C22H32FN2O7PS. The monoisotopic (exact) mass is 518 g/mol. The Hall–Kier alpha value is -1.30. The average Bonchev–Trinajstić information content (AvgIpc) is 3.05. The second-order valence-corrected chi connectivity index (χ2v) is 11.5. The van der Waals surface area contributed by atoms with Crippen LogP contribution in [0.5, 0.6) is 0 Å². The van der Waals surface area contributed by atoms with Gasteiger partial charge < -0.3 is 34.5 Å². The van der Waals surface area contributed by atoms with Gasteiger partial charge in [-0.2, -0.15) is 4.39 Å². The van der Waals surface area contributed by atoms with Crippen molar-refractivity contribution in [3.05, 3.63) is 34.4 Å². The molecule has 0 bridgehead atoms. The lowest BCUT2D eigenvalue weighted by atomic mass is 9.92. The molecule has 3 aliphatic heterocycles. The highest BCUT2D eigenvalue weighted by atomic mass is 32.1. The Labute approximate surface area is 202 Å². The third-order valence-electron chi connectivity index (χ3n) is 6.74. The van der Waals surface area contributed by atoms with Crippen LogP contribution >= 0.6 is 19.8 Å². The SMILES string of the molecule is CCC(C)(C[C@H]1O[C@@H](c2cc3ccc(F)[nH]c-3nc2=S)[C@@H](O)C1O)OP(=O)(O)C(O)(CC)CC.